The van der Waals surface area contributed by atoms with Gasteiger partial charge in [0.1, 0.15) is 17.4 Å². The van der Waals surface area contributed by atoms with Crippen molar-refractivity contribution in [2.24, 2.45) is 0 Å². The summed E-state index contributed by atoms with van der Waals surface area (Å²) in [5.74, 6) is -0.852. The van der Waals surface area contributed by atoms with Gasteiger partial charge >= 0.3 is 5.97 Å². The Morgan fingerprint density at radius 1 is 1.21 bits per heavy atom. The third kappa shape index (κ3) is 5.48. The Morgan fingerprint density at radius 3 is 2.46 bits per heavy atom. The lowest BCUT2D eigenvalue weighted by molar-refractivity contribution is -0.384. The second-order valence-electron chi connectivity index (χ2n) is 5.33. The highest BCUT2D eigenvalue weighted by molar-refractivity contribution is 9.11. The van der Waals surface area contributed by atoms with Crippen molar-refractivity contribution < 1.29 is 19.2 Å². The monoisotopic (exact) mass is 507 g/mol. The van der Waals surface area contributed by atoms with Gasteiger partial charge < -0.3 is 10.1 Å². The van der Waals surface area contributed by atoms with Crippen LogP contribution < -0.4 is 10.1 Å². The molecular weight excluding hydrogens is 498 g/mol. The number of ether oxygens (including phenoxy) is 1. The Hall–Kier alpha value is -3.03. The molecular formula is C18H11Br2N3O5. The van der Waals surface area contributed by atoms with E-state index in [1.807, 2.05) is 6.07 Å². The normalized spacial score (nSPS) is 10.7. The summed E-state index contributed by atoms with van der Waals surface area (Å²) in [5.41, 5.74) is 0.483. The molecule has 0 aliphatic rings. The van der Waals surface area contributed by atoms with E-state index < -0.39 is 16.8 Å². The summed E-state index contributed by atoms with van der Waals surface area (Å²) in [6, 6.07) is 10.3. The molecule has 0 aliphatic heterocycles. The first-order valence-electron chi connectivity index (χ1n) is 7.56. The molecule has 0 saturated heterocycles. The largest absolute Gasteiger partial charge is 0.426 e. The van der Waals surface area contributed by atoms with Gasteiger partial charge in [-0.3, -0.25) is 19.7 Å². The Morgan fingerprint density at radius 2 is 1.93 bits per heavy atom. The van der Waals surface area contributed by atoms with Crippen LogP contribution in [0.3, 0.4) is 0 Å². The van der Waals surface area contributed by atoms with Crippen LogP contribution in [0.15, 0.2) is 50.9 Å². The molecule has 0 aliphatic carbocycles. The van der Waals surface area contributed by atoms with Gasteiger partial charge in [-0.1, -0.05) is 6.07 Å². The molecule has 0 atom stereocenters. The predicted octanol–water partition coefficient (Wildman–Crippen LogP) is 4.59. The van der Waals surface area contributed by atoms with E-state index in [2.05, 4.69) is 37.2 Å². The van der Waals surface area contributed by atoms with Gasteiger partial charge in [0, 0.05) is 23.5 Å². The molecule has 10 heteroatoms. The maximum atomic E-state index is 12.4. The lowest BCUT2D eigenvalue weighted by atomic mass is 10.1. The van der Waals surface area contributed by atoms with Crippen molar-refractivity contribution >= 4 is 61.2 Å². The minimum absolute atomic E-state index is 0.140. The van der Waals surface area contributed by atoms with Crippen LogP contribution in [0.4, 0.5) is 11.4 Å². The van der Waals surface area contributed by atoms with Crippen molar-refractivity contribution in [3.63, 3.8) is 0 Å². The van der Waals surface area contributed by atoms with Gasteiger partial charge in [0.25, 0.3) is 11.6 Å². The second-order valence-corrected chi connectivity index (χ2v) is 7.04. The van der Waals surface area contributed by atoms with E-state index >= 15 is 0 Å². The van der Waals surface area contributed by atoms with Crippen LogP contribution in [-0.4, -0.2) is 16.8 Å². The SMILES string of the molecule is CC(=O)Oc1ccc(/C=C(\C#N)C(=O)Nc2ccc([N+](=O)[O-])cc2Br)cc1Br. The standard InChI is InChI=1S/C18H11Br2N3O5/c1-10(24)28-17-5-2-11(7-15(17)20)6-12(9-21)18(25)22-16-4-3-13(23(26)27)8-14(16)19/h2-8H,1H3,(H,22,25)/b12-6+. The lowest BCUT2D eigenvalue weighted by Gasteiger charge is -2.07. The molecule has 2 aromatic rings. The molecule has 0 bridgehead atoms. The zero-order chi connectivity index (χ0) is 20.8. The Labute approximate surface area is 176 Å². The van der Waals surface area contributed by atoms with Crippen LogP contribution in [0.1, 0.15) is 12.5 Å². The quantitative estimate of drug-likeness (QED) is 0.157. The highest BCUT2D eigenvalue weighted by atomic mass is 79.9. The molecule has 1 N–H and O–H groups in total. The van der Waals surface area contributed by atoms with Gasteiger partial charge in [0.2, 0.25) is 0 Å². The molecule has 0 unspecified atom stereocenters. The summed E-state index contributed by atoms with van der Waals surface area (Å²) in [5, 5.41) is 22.6. The topological polar surface area (TPSA) is 122 Å². The van der Waals surface area contributed by atoms with Gasteiger partial charge in [-0.15, -0.1) is 0 Å². The summed E-state index contributed by atoms with van der Waals surface area (Å²) in [4.78, 5) is 33.6. The summed E-state index contributed by atoms with van der Waals surface area (Å²) in [6.45, 7) is 1.27. The smallest absolute Gasteiger partial charge is 0.308 e. The summed E-state index contributed by atoms with van der Waals surface area (Å²) in [7, 11) is 0. The maximum Gasteiger partial charge on any atom is 0.308 e. The third-order valence-corrected chi connectivity index (χ3v) is 4.57. The molecule has 0 radical (unpaired) electrons. The van der Waals surface area contributed by atoms with E-state index in [9.17, 15) is 25.0 Å². The number of nitrogens with one attached hydrogen (secondary N) is 1. The first-order valence-corrected chi connectivity index (χ1v) is 9.15. The van der Waals surface area contributed by atoms with E-state index in [-0.39, 0.29) is 16.9 Å². The second kappa shape index (κ2) is 9.25. The van der Waals surface area contributed by atoms with Gasteiger partial charge in [-0.05, 0) is 61.7 Å². The molecule has 2 aromatic carbocycles. The van der Waals surface area contributed by atoms with Crippen LogP contribution in [0.25, 0.3) is 6.08 Å². The number of rotatable bonds is 5. The fourth-order valence-electron chi connectivity index (χ4n) is 2.07. The van der Waals surface area contributed by atoms with E-state index in [4.69, 9.17) is 4.74 Å². The first kappa shape index (κ1) is 21.3. The molecule has 8 nitrogen and oxygen atoms in total. The minimum atomic E-state index is -0.683. The molecule has 2 rings (SSSR count). The highest BCUT2D eigenvalue weighted by Crippen LogP contribution is 2.29. The minimum Gasteiger partial charge on any atom is -0.426 e. The lowest BCUT2D eigenvalue weighted by Crippen LogP contribution is -2.14. The zero-order valence-electron chi connectivity index (χ0n) is 14.2. The number of nitrogens with zero attached hydrogens (tertiary/aromatic N) is 2. The first-order chi connectivity index (χ1) is 13.2. The fourth-order valence-corrected chi connectivity index (χ4v) is 3.01. The Bertz CT molecular complexity index is 1040. The van der Waals surface area contributed by atoms with E-state index in [0.29, 0.717) is 20.3 Å². The summed E-state index contributed by atoms with van der Waals surface area (Å²) < 4.78 is 5.78. The molecule has 0 spiro atoms. The van der Waals surface area contributed by atoms with Gasteiger partial charge in [-0.2, -0.15) is 5.26 Å². The van der Waals surface area contributed by atoms with Gasteiger partial charge in [0.05, 0.1) is 15.1 Å². The number of esters is 1. The van der Waals surface area contributed by atoms with Gasteiger partial charge in [-0.25, -0.2) is 0 Å². The van der Waals surface area contributed by atoms with Crippen LogP contribution in [0.2, 0.25) is 0 Å². The average molecular weight is 509 g/mol. The fraction of sp³-hybridized carbons (Fsp3) is 0.0556. The maximum absolute atomic E-state index is 12.4. The number of hydrogen-bond donors (Lipinski definition) is 1. The molecule has 0 aromatic heterocycles. The van der Waals surface area contributed by atoms with Crippen molar-refractivity contribution in [2.75, 3.05) is 5.32 Å². The Balaban J connectivity index is 2.24. The molecule has 0 saturated carbocycles. The van der Waals surface area contributed by atoms with E-state index in [0.717, 1.165) is 0 Å². The molecule has 0 heterocycles. The summed E-state index contributed by atoms with van der Waals surface area (Å²) >= 11 is 6.40. The number of hydrogen-bond acceptors (Lipinski definition) is 6. The number of nitro groups is 1. The number of carbonyl (C=O) groups excluding carboxylic acids is 2. The molecule has 142 valence electrons. The van der Waals surface area contributed by atoms with Crippen LogP contribution in [0, 0.1) is 21.4 Å². The van der Waals surface area contributed by atoms with Crippen molar-refractivity contribution in [3.05, 3.63) is 66.6 Å². The van der Waals surface area contributed by atoms with E-state index in [1.165, 1.54) is 37.3 Å². The number of carbonyl (C=O) groups is 2. The Kier molecular flexibility index (Phi) is 7.03. The van der Waals surface area contributed by atoms with Crippen molar-refractivity contribution in [3.8, 4) is 11.8 Å². The molecule has 28 heavy (non-hydrogen) atoms. The van der Waals surface area contributed by atoms with Crippen LogP contribution in [-0.2, 0) is 9.59 Å². The number of nitriles is 1. The van der Waals surface area contributed by atoms with Crippen molar-refractivity contribution in [1.29, 1.82) is 5.26 Å². The van der Waals surface area contributed by atoms with Crippen LogP contribution >= 0.6 is 31.9 Å². The number of halogens is 2. The zero-order valence-corrected chi connectivity index (χ0v) is 17.4. The van der Waals surface area contributed by atoms with Crippen LogP contribution in [0.5, 0.6) is 5.75 Å². The highest BCUT2D eigenvalue weighted by Gasteiger charge is 2.14. The third-order valence-electron chi connectivity index (χ3n) is 3.30. The predicted molar refractivity (Wildman–Crippen MR) is 108 cm³/mol. The van der Waals surface area contributed by atoms with Crippen molar-refractivity contribution in [1.82, 2.24) is 0 Å². The molecule has 0 fully saturated rings. The number of anilines is 1. The number of amides is 1. The average Bonchev–Trinajstić information content (AvgIpc) is 2.62. The summed E-state index contributed by atoms with van der Waals surface area (Å²) in [6.07, 6.45) is 1.36. The van der Waals surface area contributed by atoms with Gasteiger partial charge in [0.15, 0.2) is 0 Å². The number of benzene rings is 2. The molecule has 1 amide bonds. The van der Waals surface area contributed by atoms with E-state index in [1.54, 1.807) is 12.1 Å². The number of non-ortho nitro benzene ring substituents is 1. The van der Waals surface area contributed by atoms with Crippen molar-refractivity contribution in [2.45, 2.75) is 6.92 Å². The number of nitro benzene ring substituents is 1.